The minimum atomic E-state index is 0.803. The van der Waals surface area contributed by atoms with Crippen molar-refractivity contribution in [3.05, 3.63) is 28.8 Å². The van der Waals surface area contributed by atoms with E-state index in [4.69, 9.17) is 11.6 Å². The molecule has 0 saturated heterocycles. The van der Waals surface area contributed by atoms with Crippen molar-refractivity contribution >= 4 is 17.3 Å². The van der Waals surface area contributed by atoms with Gasteiger partial charge in [-0.05, 0) is 25.5 Å². The average Bonchev–Trinajstić information content (AvgIpc) is 2.19. The summed E-state index contributed by atoms with van der Waals surface area (Å²) < 4.78 is 0. The molecule has 0 aliphatic carbocycles. The fourth-order valence-electron chi connectivity index (χ4n) is 1.17. The van der Waals surface area contributed by atoms with Crippen molar-refractivity contribution in [2.45, 2.75) is 20.3 Å². The summed E-state index contributed by atoms with van der Waals surface area (Å²) in [5.74, 6) is 5.85. The van der Waals surface area contributed by atoms with E-state index in [9.17, 15) is 0 Å². The Labute approximate surface area is 90.5 Å². The molecule has 0 unspecified atom stereocenters. The van der Waals surface area contributed by atoms with Gasteiger partial charge in [-0.1, -0.05) is 23.7 Å². The first-order chi connectivity index (χ1) is 6.75. The van der Waals surface area contributed by atoms with Crippen molar-refractivity contribution in [2.24, 2.45) is 0 Å². The molecule has 1 aromatic rings. The molecular weight excluding hydrogens is 194 g/mol. The van der Waals surface area contributed by atoms with Crippen LogP contribution in [0.2, 0.25) is 5.02 Å². The zero-order valence-corrected chi connectivity index (χ0v) is 9.28. The van der Waals surface area contributed by atoms with E-state index in [0.717, 1.165) is 29.2 Å². The molecule has 0 atom stereocenters. The highest BCUT2D eigenvalue weighted by molar-refractivity contribution is 6.33. The Morgan fingerprint density at radius 3 is 2.93 bits per heavy atom. The van der Waals surface area contributed by atoms with Gasteiger partial charge in [-0.15, -0.1) is 11.8 Å². The lowest BCUT2D eigenvalue weighted by Gasteiger charge is -2.07. The van der Waals surface area contributed by atoms with Crippen molar-refractivity contribution < 1.29 is 0 Å². The molecule has 0 heterocycles. The Morgan fingerprint density at radius 1 is 1.43 bits per heavy atom. The monoisotopic (exact) mass is 207 g/mol. The molecule has 0 saturated carbocycles. The summed E-state index contributed by atoms with van der Waals surface area (Å²) >= 11 is 6.11. The lowest BCUT2D eigenvalue weighted by molar-refractivity contribution is 1.09. The number of aryl methyl sites for hydroxylation is 1. The number of hydrogen-bond donors (Lipinski definition) is 1. The first-order valence-corrected chi connectivity index (χ1v) is 5.02. The third-order valence-corrected chi connectivity index (χ3v) is 2.44. The van der Waals surface area contributed by atoms with E-state index < -0.39 is 0 Å². The first-order valence-electron chi connectivity index (χ1n) is 4.64. The SMILES string of the molecule is CC#CCCNc1cccc(C)c1Cl. The van der Waals surface area contributed by atoms with Gasteiger partial charge in [0.25, 0.3) is 0 Å². The summed E-state index contributed by atoms with van der Waals surface area (Å²) in [6, 6.07) is 5.98. The highest BCUT2D eigenvalue weighted by Crippen LogP contribution is 2.24. The summed E-state index contributed by atoms with van der Waals surface area (Å²) in [6.07, 6.45) is 0.848. The van der Waals surface area contributed by atoms with E-state index in [1.807, 2.05) is 32.0 Å². The molecule has 1 rings (SSSR count). The molecule has 14 heavy (non-hydrogen) atoms. The van der Waals surface area contributed by atoms with Crippen LogP contribution in [-0.4, -0.2) is 6.54 Å². The topological polar surface area (TPSA) is 12.0 Å². The molecule has 74 valence electrons. The largest absolute Gasteiger partial charge is 0.383 e. The fourth-order valence-corrected chi connectivity index (χ4v) is 1.36. The summed E-state index contributed by atoms with van der Waals surface area (Å²) in [5, 5.41) is 4.06. The highest BCUT2D eigenvalue weighted by Gasteiger charge is 2.00. The minimum absolute atomic E-state index is 0.803. The second-order valence-corrected chi connectivity index (χ2v) is 3.42. The molecule has 2 heteroatoms. The van der Waals surface area contributed by atoms with E-state index in [2.05, 4.69) is 17.2 Å². The van der Waals surface area contributed by atoms with E-state index in [-0.39, 0.29) is 0 Å². The first kappa shape index (κ1) is 10.9. The fraction of sp³-hybridized carbons (Fsp3) is 0.333. The maximum Gasteiger partial charge on any atom is 0.0666 e. The van der Waals surface area contributed by atoms with Crippen LogP contribution in [0.4, 0.5) is 5.69 Å². The van der Waals surface area contributed by atoms with Gasteiger partial charge in [0.2, 0.25) is 0 Å². The van der Waals surface area contributed by atoms with E-state index in [0.29, 0.717) is 0 Å². The van der Waals surface area contributed by atoms with Gasteiger partial charge in [-0.2, -0.15) is 0 Å². The number of anilines is 1. The number of halogens is 1. The van der Waals surface area contributed by atoms with Crippen LogP contribution in [0.15, 0.2) is 18.2 Å². The summed E-state index contributed by atoms with van der Waals surface area (Å²) in [7, 11) is 0. The summed E-state index contributed by atoms with van der Waals surface area (Å²) in [4.78, 5) is 0. The van der Waals surface area contributed by atoms with Gasteiger partial charge in [0.15, 0.2) is 0 Å². The predicted molar refractivity (Wildman–Crippen MR) is 62.7 cm³/mol. The number of benzene rings is 1. The Hall–Kier alpha value is -1.13. The van der Waals surface area contributed by atoms with Crippen LogP contribution in [0.3, 0.4) is 0 Å². The van der Waals surface area contributed by atoms with Crippen LogP contribution in [0.25, 0.3) is 0 Å². The van der Waals surface area contributed by atoms with Crippen LogP contribution < -0.4 is 5.32 Å². The van der Waals surface area contributed by atoms with Crippen LogP contribution in [0.1, 0.15) is 18.9 Å². The predicted octanol–water partition coefficient (Wildman–Crippen LogP) is 3.47. The second-order valence-electron chi connectivity index (χ2n) is 3.04. The van der Waals surface area contributed by atoms with Crippen LogP contribution >= 0.6 is 11.6 Å². The summed E-state index contributed by atoms with van der Waals surface area (Å²) in [5.41, 5.74) is 2.09. The van der Waals surface area contributed by atoms with Gasteiger partial charge >= 0.3 is 0 Å². The van der Waals surface area contributed by atoms with Gasteiger partial charge < -0.3 is 5.32 Å². The Morgan fingerprint density at radius 2 is 2.21 bits per heavy atom. The molecule has 1 N–H and O–H groups in total. The molecule has 0 aliphatic heterocycles. The lowest BCUT2D eigenvalue weighted by atomic mass is 10.2. The van der Waals surface area contributed by atoms with Crippen molar-refractivity contribution in [3.8, 4) is 11.8 Å². The van der Waals surface area contributed by atoms with Gasteiger partial charge in [-0.3, -0.25) is 0 Å². The quantitative estimate of drug-likeness (QED) is 0.591. The third-order valence-electron chi connectivity index (χ3n) is 1.93. The second kappa shape index (κ2) is 5.57. The van der Waals surface area contributed by atoms with Crippen molar-refractivity contribution in [1.29, 1.82) is 0 Å². The Bertz CT molecular complexity index is 360. The van der Waals surface area contributed by atoms with Gasteiger partial charge in [0.1, 0.15) is 0 Å². The molecule has 0 aromatic heterocycles. The zero-order chi connectivity index (χ0) is 10.4. The van der Waals surface area contributed by atoms with Crippen molar-refractivity contribution in [3.63, 3.8) is 0 Å². The lowest BCUT2D eigenvalue weighted by Crippen LogP contribution is -2.01. The Balaban J connectivity index is 2.57. The normalized spacial score (nSPS) is 9.07. The van der Waals surface area contributed by atoms with E-state index >= 15 is 0 Å². The Kier molecular flexibility index (Phi) is 4.35. The van der Waals surface area contributed by atoms with Gasteiger partial charge in [0.05, 0.1) is 10.7 Å². The molecule has 1 aromatic carbocycles. The van der Waals surface area contributed by atoms with Crippen molar-refractivity contribution in [1.82, 2.24) is 0 Å². The van der Waals surface area contributed by atoms with Crippen LogP contribution in [0, 0.1) is 18.8 Å². The summed E-state index contributed by atoms with van der Waals surface area (Å²) in [6.45, 7) is 4.68. The molecule has 0 aliphatic rings. The van der Waals surface area contributed by atoms with Gasteiger partial charge in [-0.25, -0.2) is 0 Å². The van der Waals surface area contributed by atoms with Crippen molar-refractivity contribution in [2.75, 3.05) is 11.9 Å². The zero-order valence-electron chi connectivity index (χ0n) is 8.52. The molecule has 1 nitrogen and oxygen atoms in total. The molecule has 0 amide bonds. The van der Waals surface area contributed by atoms with Crippen LogP contribution in [0.5, 0.6) is 0 Å². The molecular formula is C12H14ClN. The third kappa shape index (κ3) is 2.97. The van der Waals surface area contributed by atoms with Crippen LogP contribution in [-0.2, 0) is 0 Å². The highest BCUT2D eigenvalue weighted by atomic mass is 35.5. The number of rotatable bonds is 3. The standard InChI is InChI=1S/C12H14ClN/c1-3-4-5-9-14-11-8-6-7-10(2)12(11)13/h6-8,14H,5,9H2,1-2H3. The number of nitrogens with one attached hydrogen (secondary N) is 1. The van der Waals surface area contributed by atoms with Gasteiger partial charge in [0, 0.05) is 13.0 Å². The number of hydrogen-bond acceptors (Lipinski definition) is 1. The molecule has 0 spiro atoms. The molecule has 0 fully saturated rings. The molecule has 0 bridgehead atoms. The minimum Gasteiger partial charge on any atom is -0.383 e. The van der Waals surface area contributed by atoms with E-state index in [1.165, 1.54) is 0 Å². The maximum atomic E-state index is 6.11. The smallest absolute Gasteiger partial charge is 0.0666 e. The average molecular weight is 208 g/mol. The van der Waals surface area contributed by atoms with E-state index in [1.54, 1.807) is 0 Å². The maximum absolute atomic E-state index is 6.11. The molecule has 0 radical (unpaired) electrons.